The van der Waals surface area contributed by atoms with E-state index in [1.807, 2.05) is 24.3 Å². The van der Waals surface area contributed by atoms with Gasteiger partial charge in [0.1, 0.15) is 11.5 Å². The Morgan fingerprint density at radius 2 is 1.75 bits per heavy atom. The fourth-order valence-electron chi connectivity index (χ4n) is 3.44. The Kier molecular flexibility index (Phi) is 5.06. The number of hydrogen-bond donors (Lipinski definition) is 1. The Bertz CT molecular complexity index is 965. The third-order valence-electron chi connectivity index (χ3n) is 5.16. The SMILES string of the molecule is CC(C)c1ccc(NC(=O)c2cnc(N3CCc4ccccc4C3)cn2)cc1. The van der Waals surface area contributed by atoms with Gasteiger partial charge in [0, 0.05) is 18.8 Å². The van der Waals surface area contributed by atoms with Crippen LogP contribution in [0.5, 0.6) is 0 Å². The van der Waals surface area contributed by atoms with Gasteiger partial charge in [-0.2, -0.15) is 0 Å². The van der Waals surface area contributed by atoms with Crippen molar-refractivity contribution in [3.05, 3.63) is 83.3 Å². The molecule has 4 rings (SSSR count). The summed E-state index contributed by atoms with van der Waals surface area (Å²) in [5.74, 6) is 1.01. The number of benzene rings is 2. The molecule has 3 aromatic rings. The smallest absolute Gasteiger partial charge is 0.275 e. The fraction of sp³-hybridized carbons (Fsp3) is 0.261. The van der Waals surface area contributed by atoms with E-state index in [2.05, 4.69) is 58.3 Å². The maximum atomic E-state index is 12.5. The Balaban J connectivity index is 1.42. The topological polar surface area (TPSA) is 58.1 Å². The lowest BCUT2D eigenvalue weighted by atomic mass is 10.0. The predicted octanol–water partition coefficient (Wildman–Crippen LogP) is 4.42. The van der Waals surface area contributed by atoms with Crippen molar-refractivity contribution in [1.82, 2.24) is 9.97 Å². The van der Waals surface area contributed by atoms with Gasteiger partial charge in [-0.3, -0.25) is 4.79 Å². The van der Waals surface area contributed by atoms with Crippen molar-refractivity contribution >= 4 is 17.4 Å². The number of carbonyl (C=O) groups excluding carboxylic acids is 1. The largest absolute Gasteiger partial charge is 0.351 e. The van der Waals surface area contributed by atoms with Crippen LogP contribution in [-0.4, -0.2) is 22.4 Å². The first-order chi connectivity index (χ1) is 13.6. The van der Waals surface area contributed by atoms with Crippen LogP contribution in [0, 0.1) is 0 Å². The molecule has 0 fully saturated rings. The van der Waals surface area contributed by atoms with Crippen molar-refractivity contribution in [1.29, 1.82) is 0 Å². The molecule has 1 aliphatic heterocycles. The number of nitrogens with one attached hydrogen (secondary N) is 1. The average Bonchev–Trinajstić information content (AvgIpc) is 2.74. The number of hydrogen-bond acceptors (Lipinski definition) is 4. The van der Waals surface area contributed by atoms with Crippen LogP contribution in [0.25, 0.3) is 0 Å². The zero-order chi connectivity index (χ0) is 19.5. The van der Waals surface area contributed by atoms with E-state index in [-0.39, 0.29) is 5.91 Å². The van der Waals surface area contributed by atoms with Crippen LogP contribution in [0.1, 0.15) is 46.9 Å². The molecule has 1 aromatic heterocycles. The standard InChI is InChI=1S/C23H24N4O/c1-16(2)17-7-9-20(10-8-17)26-23(28)21-13-25-22(14-24-21)27-12-11-18-5-3-4-6-19(18)15-27/h3-10,13-14,16H,11-12,15H2,1-2H3,(H,26,28). The molecule has 0 spiro atoms. The van der Waals surface area contributed by atoms with E-state index in [0.29, 0.717) is 11.6 Å². The first-order valence-electron chi connectivity index (χ1n) is 9.65. The summed E-state index contributed by atoms with van der Waals surface area (Å²) in [6.07, 6.45) is 4.23. The summed E-state index contributed by atoms with van der Waals surface area (Å²) in [5.41, 5.74) is 5.03. The van der Waals surface area contributed by atoms with Gasteiger partial charge in [0.25, 0.3) is 5.91 Å². The van der Waals surface area contributed by atoms with Crippen molar-refractivity contribution in [2.75, 3.05) is 16.8 Å². The summed E-state index contributed by atoms with van der Waals surface area (Å²) in [7, 11) is 0. The van der Waals surface area contributed by atoms with E-state index in [0.717, 1.165) is 31.0 Å². The van der Waals surface area contributed by atoms with Crippen LogP contribution in [0.2, 0.25) is 0 Å². The van der Waals surface area contributed by atoms with Gasteiger partial charge in [-0.25, -0.2) is 9.97 Å². The van der Waals surface area contributed by atoms with Crippen LogP contribution in [0.15, 0.2) is 60.9 Å². The van der Waals surface area contributed by atoms with Crippen LogP contribution >= 0.6 is 0 Å². The van der Waals surface area contributed by atoms with Gasteiger partial charge in [0.05, 0.1) is 12.4 Å². The van der Waals surface area contributed by atoms with Crippen molar-refractivity contribution in [2.45, 2.75) is 32.7 Å². The van der Waals surface area contributed by atoms with Crippen LogP contribution < -0.4 is 10.2 Å². The molecule has 0 saturated carbocycles. The van der Waals surface area contributed by atoms with E-state index in [9.17, 15) is 4.79 Å². The molecule has 0 unspecified atom stereocenters. The summed E-state index contributed by atoms with van der Waals surface area (Å²) < 4.78 is 0. The molecule has 2 aromatic carbocycles. The number of fused-ring (bicyclic) bond motifs is 1. The number of rotatable bonds is 4. The van der Waals surface area contributed by atoms with Crippen molar-refractivity contribution in [3.63, 3.8) is 0 Å². The molecule has 1 aliphatic rings. The quantitative estimate of drug-likeness (QED) is 0.737. The molecule has 5 heteroatoms. The fourth-order valence-corrected chi connectivity index (χ4v) is 3.44. The zero-order valence-electron chi connectivity index (χ0n) is 16.2. The highest BCUT2D eigenvalue weighted by Crippen LogP contribution is 2.22. The van der Waals surface area contributed by atoms with Gasteiger partial charge in [0.15, 0.2) is 0 Å². The lowest BCUT2D eigenvalue weighted by Crippen LogP contribution is -2.31. The number of carbonyl (C=O) groups is 1. The molecular formula is C23H24N4O. The molecule has 2 heterocycles. The Morgan fingerprint density at radius 1 is 1.00 bits per heavy atom. The monoisotopic (exact) mass is 372 g/mol. The highest BCUT2D eigenvalue weighted by Gasteiger charge is 2.18. The van der Waals surface area contributed by atoms with Gasteiger partial charge in [-0.05, 0) is 41.2 Å². The molecule has 0 saturated heterocycles. The summed E-state index contributed by atoms with van der Waals surface area (Å²) in [4.78, 5) is 23.5. The van der Waals surface area contributed by atoms with Gasteiger partial charge in [0.2, 0.25) is 0 Å². The zero-order valence-corrected chi connectivity index (χ0v) is 16.2. The molecule has 0 radical (unpaired) electrons. The molecule has 28 heavy (non-hydrogen) atoms. The first kappa shape index (κ1) is 18.2. The molecule has 1 amide bonds. The normalized spacial score (nSPS) is 13.3. The van der Waals surface area contributed by atoms with Crippen LogP contribution in [-0.2, 0) is 13.0 Å². The second-order valence-electron chi connectivity index (χ2n) is 7.43. The van der Waals surface area contributed by atoms with Crippen LogP contribution in [0.3, 0.4) is 0 Å². The van der Waals surface area contributed by atoms with E-state index in [4.69, 9.17) is 0 Å². The summed E-state index contributed by atoms with van der Waals surface area (Å²) in [6.45, 7) is 6.01. The maximum Gasteiger partial charge on any atom is 0.275 e. The van der Waals surface area contributed by atoms with E-state index in [1.54, 1.807) is 12.4 Å². The highest BCUT2D eigenvalue weighted by atomic mass is 16.1. The van der Waals surface area contributed by atoms with Crippen molar-refractivity contribution in [3.8, 4) is 0 Å². The predicted molar refractivity (Wildman–Crippen MR) is 112 cm³/mol. The molecular weight excluding hydrogens is 348 g/mol. The Hall–Kier alpha value is -3.21. The summed E-state index contributed by atoms with van der Waals surface area (Å²) in [5, 5.41) is 2.88. The minimum Gasteiger partial charge on any atom is -0.351 e. The van der Waals surface area contributed by atoms with Gasteiger partial charge in [-0.15, -0.1) is 0 Å². The summed E-state index contributed by atoms with van der Waals surface area (Å²) in [6, 6.07) is 16.4. The molecule has 0 bridgehead atoms. The van der Waals surface area contributed by atoms with Gasteiger partial charge >= 0.3 is 0 Å². The minimum absolute atomic E-state index is 0.250. The lowest BCUT2D eigenvalue weighted by Gasteiger charge is -2.29. The van der Waals surface area contributed by atoms with Gasteiger partial charge in [-0.1, -0.05) is 50.2 Å². The first-order valence-corrected chi connectivity index (χ1v) is 9.65. The molecule has 142 valence electrons. The molecule has 5 nitrogen and oxygen atoms in total. The maximum absolute atomic E-state index is 12.5. The van der Waals surface area contributed by atoms with E-state index < -0.39 is 0 Å². The Morgan fingerprint density at radius 3 is 2.43 bits per heavy atom. The lowest BCUT2D eigenvalue weighted by molar-refractivity contribution is 0.102. The third-order valence-corrected chi connectivity index (χ3v) is 5.16. The minimum atomic E-state index is -0.250. The average molecular weight is 372 g/mol. The molecule has 0 atom stereocenters. The summed E-state index contributed by atoms with van der Waals surface area (Å²) >= 11 is 0. The molecule has 0 aliphatic carbocycles. The third kappa shape index (κ3) is 3.88. The number of aromatic nitrogens is 2. The van der Waals surface area contributed by atoms with E-state index in [1.165, 1.54) is 16.7 Å². The molecule has 1 N–H and O–H groups in total. The van der Waals surface area contributed by atoms with Crippen molar-refractivity contribution < 1.29 is 4.79 Å². The van der Waals surface area contributed by atoms with E-state index >= 15 is 0 Å². The van der Waals surface area contributed by atoms with Crippen LogP contribution in [0.4, 0.5) is 11.5 Å². The number of anilines is 2. The van der Waals surface area contributed by atoms with Gasteiger partial charge < -0.3 is 10.2 Å². The van der Waals surface area contributed by atoms with Crippen molar-refractivity contribution in [2.24, 2.45) is 0 Å². The number of nitrogens with zero attached hydrogens (tertiary/aromatic N) is 3. The highest BCUT2D eigenvalue weighted by molar-refractivity contribution is 6.02. The number of amides is 1. The second kappa shape index (κ2) is 7.80. The Labute approximate surface area is 165 Å². The second-order valence-corrected chi connectivity index (χ2v) is 7.43.